The number of rotatable bonds is 5. The van der Waals surface area contributed by atoms with Crippen molar-refractivity contribution in [1.29, 1.82) is 0 Å². The molecule has 0 aliphatic rings. The van der Waals surface area contributed by atoms with Crippen LogP contribution < -0.4 is 4.74 Å². The summed E-state index contributed by atoms with van der Waals surface area (Å²) in [6.45, 7) is 6.41. The standard InChI is InChI=1S/C12H16O2/c1-3-10(2)11-5-4-6-12(9-11)14-8-7-13/h4-6,9,13H,2-3,7-8H2,1H3. The molecule has 0 aromatic heterocycles. The van der Waals surface area contributed by atoms with E-state index in [2.05, 4.69) is 13.5 Å². The van der Waals surface area contributed by atoms with E-state index in [0.717, 1.165) is 23.3 Å². The maximum absolute atomic E-state index is 8.61. The second-order valence-corrected chi connectivity index (χ2v) is 3.06. The summed E-state index contributed by atoms with van der Waals surface area (Å²) in [5.74, 6) is 0.783. The Kier molecular flexibility index (Phi) is 4.20. The van der Waals surface area contributed by atoms with Gasteiger partial charge in [-0.1, -0.05) is 25.6 Å². The van der Waals surface area contributed by atoms with Crippen LogP contribution in [0.2, 0.25) is 0 Å². The third-order valence-corrected chi connectivity index (χ3v) is 2.03. The summed E-state index contributed by atoms with van der Waals surface area (Å²) >= 11 is 0. The molecule has 0 radical (unpaired) electrons. The first-order chi connectivity index (χ1) is 6.77. The van der Waals surface area contributed by atoms with Crippen molar-refractivity contribution in [3.05, 3.63) is 36.4 Å². The molecule has 1 aromatic rings. The highest BCUT2D eigenvalue weighted by Gasteiger charge is 1.98. The summed E-state index contributed by atoms with van der Waals surface area (Å²) in [4.78, 5) is 0. The molecule has 0 aliphatic heterocycles. The second-order valence-electron chi connectivity index (χ2n) is 3.06. The van der Waals surface area contributed by atoms with Crippen molar-refractivity contribution in [3.63, 3.8) is 0 Å². The van der Waals surface area contributed by atoms with E-state index in [9.17, 15) is 0 Å². The van der Waals surface area contributed by atoms with Crippen LogP contribution in [0.15, 0.2) is 30.8 Å². The van der Waals surface area contributed by atoms with E-state index in [1.54, 1.807) is 0 Å². The van der Waals surface area contributed by atoms with E-state index in [1.165, 1.54) is 0 Å². The lowest BCUT2D eigenvalue weighted by atomic mass is 10.1. The number of aliphatic hydroxyl groups is 1. The van der Waals surface area contributed by atoms with Crippen LogP contribution in [0.5, 0.6) is 5.75 Å². The van der Waals surface area contributed by atoms with Crippen LogP contribution in [0, 0.1) is 0 Å². The monoisotopic (exact) mass is 192 g/mol. The Balaban J connectivity index is 2.73. The number of hydrogen-bond donors (Lipinski definition) is 1. The molecule has 1 N–H and O–H groups in total. The van der Waals surface area contributed by atoms with Gasteiger partial charge in [-0.2, -0.15) is 0 Å². The van der Waals surface area contributed by atoms with Gasteiger partial charge in [-0.25, -0.2) is 0 Å². The van der Waals surface area contributed by atoms with Gasteiger partial charge in [-0.15, -0.1) is 0 Å². The van der Waals surface area contributed by atoms with Crippen molar-refractivity contribution in [2.75, 3.05) is 13.2 Å². The first-order valence-corrected chi connectivity index (χ1v) is 4.79. The predicted molar refractivity (Wildman–Crippen MR) is 58.3 cm³/mol. The van der Waals surface area contributed by atoms with Crippen LogP contribution in [0.3, 0.4) is 0 Å². The van der Waals surface area contributed by atoms with Gasteiger partial charge in [-0.3, -0.25) is 0 Å². The molecule has 0 amide bonds. The number of hydrogen-bond acceptors (Lipinski definition) is 2. The molecule has 1 aromatic carbocycles. The normalized spacial score (nSPS) is 9.86. The Morgan fingerprint density at radius 2 is 2.29 bits per heavy atom. The van der Waals surface area contributed by atoms with Crippen molar-refractivity contribution in [2.24, 2.45) is 0 Å². The van der Waals surface area contributed by atoms with Crippen molar-refractivity contribution in [3.8, 4) is 5.75 Å². The van der Waals surface area contributed by atoms with Crippen LogP contribution >= 0.6 is 0 Å². The van der Waals surface area contributed by atoms with Crippen molar-refractivity contribution < 1.29 is 9.84 Å². The molecule has 0 saturated carbocycles. The molecular weight excluding hydrogens is 176 g/mol. The van der Waals surface area contributed by atoms with E-state index in [4.69, 9.17) is 9.84 Å². The maximum atomic E-state index is 8.61. The van der Waals surface area contributed by atoms with E-state index < -0.39 is 0 Å². The Labute approximate surface area is 84.8 Å². The molecule has 0 bridgehead atoms. The zero-order chi connectivity index (χ0) is 10.4. The minimum absolute atomic E-state index is 0.0406. The van der Waals surface area contributed by atoms with Crippen LogP contribution in [0.4, 0.5) is 0 Å². The second kappa shape index (κ2) is 5.45. The zero-order valence-electron chi connectivity index (χ0n) is 8.49. The lowest BCUT2D eigenvalue weighted by Gasteiger charge is -2.07. The van der Waals surface area contributed by atoms with Crippen LogP contribution in [-0.2, 0) is 0 Å². The average molecular weight is 192 g/mol. The Morgan fingerprint density at radius 3 is 2.93 bits per heavy atom. The maximum Gasteiger partial charge on any atom is 0.120 e. The molecule has 2 nitrogen and oxygen atoms in total. The van der Waals surface area contributed by atoms with E-state index in [0.29, 0.717) is 6.61 Å². The summed E-state index contributed by atoms with van der Waals surface area (Å²) in [6.07, 6.45) is 0.934. The predicted octanol–water partition coefficient (Wildman–Crippen LogP) is 2.48. The van der Waals surface area contributed by atoms with Crippen LogP contribution in [0.1, 0.15) is 18.9 Å². The van der Waals surface area contributed by atoms with E-state index in [-0.39, 0.29) is 6.61 Å². The number of allylic oxidation sites excluding steroid dienone is 1. The molecule has 0 saturated heterocycles. The molecule has 0 fully saturated rings. The molecule has 76 valence electrons. The minimum Gasteiger partial charge on any atom is -0.491 e. The molecular formula is C12H16O2. The van der Waals surface area contributed by atoms with Crippen molar-refractivity contribution >= 4 is 5.57 Å². The SMILES string of the molecule is C=C(CC)c1cccc(OCCO)c1. The Bertz CT molecular complexity index is 305. The highest BCUT2D eigenvalue weighted by molar-refractivity contribution is 5.64. The zero-order valence-corrected chi connectivity index (χ0v) is 8.49. The van der Waals surface area contributed by atoms with E-state index in [1.807, 2.05) is 24.3 Å². The van der Waals surface area contributed by atoms with E-state index >= 15 is 0 Å². The lowest BCUT2D eigenvalue weighted by molar-refractivity contribution is 0.201. The minimum atomic E-state index is 0.0406. The summed E-state index contributed by atoms with van der Waals surface area (Å²) in [5, 5.41) is 8.61. The van der Waals surface area contributed by atoms with Gasteiger partial charge < -0.3 is 9.84 Å². The molecule has 0 spiro atoms. The first-order valence-electron chi connectivity index (χ1n) is 4.79. The molecule has 0 atom stereocenters. The Morgan fingerprint density at radius 1 is 1.50 bits per heavy atom. The molecule has 0 unspecified atom stereocenters. The summed E-state index contributed by atoms with van der Waals surface area (Å²) < 4.78 is 5.30. The average Bonchev–Trinajstić information content (AvgIpc) is 2.25. The van der Waals surface area contributed by atoms with Gasteiger partial charge in [0.05, 0.1) is 6.61 Å². The van der Waals surface area contributed by atoms with Gasteiger partial charge >= 0.3 is 0 Å². The van der Waals surface area contributed by atoms with Crippen LogP contribution in [0.25, 0.3) is 5.57 Å². The number of aliphatic hydroxyl groups excluding tert-OH is 1. The van der Waals surface area contributed by atoms with Gasteiger partial charge in [-0.05, 0) is 29.7 Å². The Hall–Kier alpha value is -1.28. The molecule has 0 heterocycles. The van der Waals surface area contributed by atoms with Gasteiger partial charge in [0.15, 0.2) is 0 Å². The van der Waals surface area contributed by atoms with Crippen molar-refractivity contribution in [2.45, 2.75) is 13.3 Å². The molecule has 0 aliphatic carbocycles. The third kappa shape index (κ3) is 2.89. The van der Waals surface area contributed by atoms with Gasteiger partial charge in [0.1, 0.15) is 12.4 Å². The highest BCUT2D eigenvalue weighted by Crippen LogP contribution is 2.20. The van der Waals surface area contributed by atoms with Crippen molar-refractivity contribution in [1.82, 2.24) is 0 Å². The highest BCUT2D eigenvalue weighted by atomic mass is 16.5. The van der Waals surface area contributed by atoms with Gasteiger partial charge in [0.25, 0.3) is 0 Å². The fourth-order valence-electron chi connectivity index (χ4n) is 1.17. The first kappa shape index (κ1) is 10.8. The topological polar surface area (TPSA) is 29.5 Å². The summed E-state index contributed by atoms with van der Waals surface area (Å²) in [6, 6.07) is 7.77. The molecule has 2 heteroatoms. The fraction of sp³-hybridized carbons (Fsp3) is 0.333. The lowest BCUT2D eigenvalue weighted by Crippen LogP contribution is -2.01. The smallest absolute Gasteiger partial charge is 0.120 e. The number of benzene rings is 1. The number of ether oxygens (including phenoxy) is 1. The molecule has 14 heavy (non-hydrogen) atoms. The quantitative estimate of drug-likeness (QED) is 0.776. The largest absolute Gasteiger partial charge is 0.491 e. The summed E-state index contributed by atoms with van der Waals surface area (Å²) in [7, 11) is 0. The van der Waals surface area contributed by atoms with Crippen LogP contribution in [-0.4, -0.2) is 18.3 Å². The third-order valence-electron chi connectivity index (χ3n) is 2.03. The fourth-order valence-corrected chi connectivity index (χ4v) is 1.17. The van der Waals surface area contributed by atoms with Gasteiger partial charge in [0, 0.05) is 0 Å². The van der Waals surface area contributed by atoms with Gasteiger partial charge in [0.2, 0.25) is 0 Å². The summed E-state index contributed by atoms with van der Waals surface area (Å²) in [5.41, 5.74) is 2.20. The molecule has 1 rings (SSSR count).